The molecule has 1 aromatic rings. The van der Waals surface area contributed by atoms with Crippen LogP contribution >= 0.6 is 11.8 Å². The first-order valence-electron chi connectivity index (χ1n) is 6.53. The van der Waals surface area contributed by atoms with E-state index in [4.69, 9.17) is 5.73 Å². The van der Waals surface area contributed by atoms with Crippen molar-refractivity contribution in [2.45, 2.75) is 24.5 Å². The summed E-state index contributed by atoms with van der Waals surface area (Å²) in [4.78, 5) is 11.8. The van der Waals surface area contributed by atoms with Crippen molar-refractivity contribution in [2.75, 3.05) is 18.0 Å². The lowest BCUT2D eigenvalue weighted by molar-refractivity contribution is -0.116. The van der Waals surface area contributed by atoms with E-state index < -0.39 is 0 Å². The van der Waals surface area contributed by atoms with E-state index in [0.717, 1.165) is 17.8 Å². The van der Waals surface area contributed by atoms with Gasteiger partial charge >= 0.3 is 0 Å². The molecule has 3 nitrogen and oxygen atoms in total. The Morgan fingerprint density at radius 1 is 1.47 bits per heavy atom. The zero-order valence-electron chi connectivity index (χ0n) is 11.2. The maximum atomic E-state index is 11.8. The Kier molecular flexibility index (Phi) is 4.53. The first kappa shape index (κ1) is 14.0. The van der Waals surface area contributed by atoms with Crippen LogP contribution in [0.3, 0.4) is 0 Å². The zero-order chi connectivity index (χ0) is 13.7. The summed E-state index contributed by atoms with van der Waals surface area (Å²) in [7, 11) is 0. The number of nitrogen functional groups attached to an aromatic ring is 1. The number of thioether (sulfide) groups is 1. The predicted octanol–water partition coefficient (Wildman–Crippen LogP) is 2.68. The third kappa shape index (κ3) is 4.31. The molecule has 1 aliphatic rings. The molecule has 2 rings (SSSR count). The van der Waals surface area contributed by atoms with Gasteiger partial charge in [0.2, 0.25) is 5.91 Å². The van der Waals surface area contributed by atoms with E-state index in [1.807, 2.05) is 36.0 Å². The number of nitrogens with two attached hydrogens (primary N) is 1. The molecule has 1 aliphatic heterocycles. The quantitative estimate of drug-likeness (QED) is 0.656. The van der Waals surface area contributed by atoms with Gasteiger partial charge in [0.1, 0.15) is 0 Å². The van der Waals surface area contributed by atoms with E-state index in [1.165, 1.54) is 18.6 Å². The van der Waals surface area contributed by atoms with E-state index in [9.17, 15) is 4.79 Å². The topological polar surface area (TPSA) is 55.1 Å². The van der Waals surface area contributed by atoms with Crippen LogP contribution < -0.4 is 11.1 Å². The fourth-order valence-corrected chi connectivity index (χ4v) is 3.33. The van der Waals surface area contributed by atoms with Crippen molar-refractivity contribution < 1.29 is 4.79 Å². The molecule has 1 aromatic carbocycles. The van der Waals surface area contributed by atoms with Gasteiger partial charge in [-0.25, -0.2) is 0 Å². The van der Waals surface area contributed by atoms with Crippen LogP contribution in [-0.2, 0) is 4.79 Å². The average Bonchev–Trinajstić information content (AvgIpc) is 2.83. The first-order valence-corrected chi connectivity index (χ1v) is 7.51. The minimum Gasteiger partial charge on any atom is -0.399 e. The highest BCUT2D eigenvalue weighted by Gasteiger charge is 2.29. The highest BCUT2D eigenvalue weighted by Crippen LogP contribution is 2.36. The van der Waals surface area contributed by atoms with Crippen molar-refractivity contribution in [1.29, 1.82) is 0 Å². The van der Waals surface area contributed by atoms with E-state index >= 15 is 0 Å². The van der Waals surface area contributed by atoms with Gasteiger partial charge in [0.05, 0.1) is 0 Å². The number of amides is 1. The van der Waals surface area contributed by atoms with Gasteiger partial charge in [-0.2, -0.15) is 11.8 Å². The van der Waals surface area contributed by atoms with Crippen molar-refractivity contribution >= 4 is 29.4 Å². The molecule has 102 valence electrons. The molecule has 19 heavy (non-hydrogen) atoms. The molecule has 1 amide bonds. The number of benzene rings is 1. The van der Waals surface area contributed by atoms with Gasteiger partial charge in [0.25, 0.3) is 0 Å². The molecule has 1 atom stereocenters. The third-order valence-electron chi connectivity index (χ3n) is 3.30. The van der Waals surface area contributed by atoms with Crippen LogP contribution in [0.4, 0.5) is 5.69 Å². The molecule has 0 bridgehead atoms. The zero-order valence-corrected chi connectivity index (χ0v) is 12.0. The van der Waals surface area contributed by atoms with E-state index in [1.54, 1.807) is 12.2 Å². The van der Waals surface area contributed by atoms with Crippen molar-refractivity contribution in [3.05, 3.63) is 35.9 Å². The van der Waals surface area contributed by atoms with Crippen LogP contribution in [-0.4, -0.2) is 23.0 Å². The summed E-state index contributed by atoms with van der Waals surface area (Å²) in [6, 6.07) is 7.45. The Hall–Kier alpha value is -1.42. The third-order valence-corrected chi connectivity index (χ3v) is 4.84. The number of hydrogen-bond acceptors (Lipinski definition) is 3. The fraction of sp³-hybridized carbons (Fsp3) is 0.400. The summed E-state index contributed by atoms with van der Waals surface area (Å²) in [5.41, 5.74) is 7.32. The van der Waals surface area contributed by atoms with Crippen molar-refractivity contribution in [3.63, 3.8) is 0 Å². The van der Waals surface area contributed by atoms with Gasteiger partial charge in [-0.3, -0.25) is 4.79 Å². The standard InChI is InChI=1S/C15H20N2OS/c1-15(9-2-10-19-15)11-17-14(18)8-5-12-3-6-13(16)7-4-12/h3-8H,2,9-11,16H2,1H3,(H,17,18)/b8-5+. The SMILES string of the molecule is CC1(CNC(=O)/C=C/c2ccc(N)cc2)CCCS1. The Morgan fingerprint density at radius 3 is 2.84 bits per heavy atom. The maximum Gasteiger partial charge on any atom is 0.244 e. The van der Waals surface area contributed by atoms with E-state index in [-0.39, 0.29) is 10.7 Å². The van der Waals surface area contributed by atoms with Crippen LogP contribution in [0, 0.1) is 0 Å². The lowest BCUT2D eigenvalue weighted by Crippen LogP contribution is -2.35. The Labute approximate surface area is 118 Å². The molecule has 1 unspecified atom stereocenters. The molecular formula is C15H20N2OS. The van der Waals surface area contributed by atoms with Crippen LogP contribution in [0.25, 0.3) is 6.08 Å². The second kappa shape index (κ2) is 6.15. The molecule has 1 heterocycles. The van der Waals surface area contributed by atoms with Crippen molar-refractivity contribution in [3.8, 4) is 0 Å². The molecule has 0 aromatic heterocycles. The summed E-state index contributed by atoms with van der Waals surface area (Å²) in [5, 5.41) is 2.98. The normalized spacial score (nSPS) is 22.8. The van der Waals surface area contributed by atoms with Crippen LogP contribution in [0.5, 0.6) is 0 Å². The van der Waals surface area contributed by atoms with Gasteiger partial charge < -0.3 is 11.1 Å². The Morgan fingerprint density at radius 2 is 2.21 bits per heavy atom. The summed E-state index contributed by atoms with van der Waals surface area (Å²) >= 11 is 1.95. The molecule has 0 spiro atoms. The number of carbonyl (C=O) groups is 1. The number of rotatable bonds is 4. The highest BCUT2D eigenvalue weighted by atomic mass is 32.2. The highest BCUT2D eigenvalue weighted by molar-refractivity contribution is 8.00. The molecule has 4 heteroatoms. The van der Waals surface area contributed by atoms with Gasteiger partial charge in [-0.15, -0.1) is 0 Å². The fourth-order valence-electron chi connectivity index (χ4n) is 2.09. The van der Waals surface area contributed by atoms with E-state index in [2.05, 4.69) is 12.2 Å². The average molecular weight is 276 g/mol. The van der Waals surface area contributed by atoms with Crippen molar-refractivity contribution in [2.24, 2.45) is 0 Å². The number of nitrogens with one attached hydrogen (secondary N) is 1. The van der Waals surface area contributed by atoms with Crippen LogP contribution in [0.15, 0.2) is 30.3 Å². The van der Waals surface area contributed by atoms with Crippen molar-refractivity contribution in [1.82, 2.24) is 5.32 Å². The minimum absolute atomic E-state index is 0.0365. The minimum atomic E-state index is -0.0365. The molecular weight excluding hydrogens is 256 g/mol. The van der Waals surface area contributed by atoms with Gasteiger partial charge in [0, 0.05) is 23.1 Å². The van der Waals surface area contributed by atoms with Gasteiger partial charge in [-0.05, 0) is 49.3 Å². The monoisotopic (exact) mass is 276 g/mol. The Balaban J connectivity index is 1.82. The van der Waals surface area contributed by atoms with E-state index in [0.29, 0.717) is 0 Å². The van der Waals surface area contributed by atoms with Gasteiger partial charge in [0.15, 0.2) is 0 Å². The van der Waals surface area contributed by atoms with Crippen LogP contribution in [0.2, 0.25) is 0 Å². The molecule has 1 saturated heterocycles. The molecule has 1 fully saturated rings. The Bertz CT molecular complexity index is 462. The number of anilines is 1. The summed E-state index contributed by atoms with van der Waals surface area (Å²) in [5.74, 6) is 1.17. The molecule has 0 saturated carbocycles. The number of hydrogen-bond donors (Lipinski definition) is 2. The molecule has 0 radical (unpaired) electrons. The molecule has 0 aliphatic carbocycles. The second-order valence-corrected chi connectivity index (χ2v) is 6.80. The predicted molar refractivity (Wildman–Crippen MR) is 83.0 cm³/mol. The largest absolute Gasteiger partial charge is 0.399 e. The summed E-state index contributed by atoms with van der Waals surface area (Å²) in [6.45, 7) is 2.96. The summed E-state index contributed by atoms with van der Waals surface area (Å²) in [6.07, 6.45) is 5.81. The first-order chi connectivity index (χ1) is 9.07. The lowest BCUT2D eigenvalue weighted by Gasteiger charge is -2.22. The summed E-state index contributed by atoms with van der Waals surface area (Å²) < 4.78 is 0.213. The van der Waals surface area contributed by atoms with Crippen LogP contribution in [0.1, 0.15) is 25.3 Å². The lowest BCUT2D eigenvalue weighted by atomic mass is 10.1. The smallest absolute Gasteiger partial charge is 0.244 e. The second-order valence-electron chi connectivity index (χ2n) is 5.12. The molecule has 3 N–H and O–H groups in total. The number of carbonyl (C=O) groups excluding carboxylic acids is 1. The maximum absolute atomic E-state index is 11.8. The van der Waals surface area contributed by atoms with Gasteiger partial charge in [-0.1, -0.05) is 12.1 Å².